The molecule has 1 heterocycles. The first kappa shape index (κ1) is 14.7. The highest BCUT2D eigenvalue weighted by Crippen LogP contribution is 2.22. The van der Waals surface area contributed by atoms with Gasteiger partial charge in [-0.25, -0.2) is 13.4 Å². The van der Waals surface area contributed by atoms with Crippen molar-refractivity contribution in [3.05, 3.63) is 22.4 Å². The van der Waals surface area contributed by atoms with Gasteiger partial charge < -0.3 is 0 Å². The molecule has 1 aromatic heterocycles. The van der Waals surface area contributed by atoms with E-state index in [0.29, 0.717) is 0 Å². The van der Waals surface area contributed by atoms with Crippen molar-refractivity contribution in [2.75, 3.05) is 0 Å². The van der Waals surface area contributed by atoms with Crippen LogP contribution in [0, 0.1) is 0 Å². The first-order valence-electron chi connectivity index (χ1n) is 4.63. The number of nitrogens with one attached hydrogen (secondary N) is 1. The van der Waals surface area contributed by atoms with Crippen molar-refractivity contribution in [2.45, 2.75) is 31.3 Å². The molecule has 0 aromatic carbocycles. The maximum atomic E-state index is 11.8. The molecule has 0 atom stereocenters. The van der Waals surface area contributed by atoms with E-state index in [4.69, 9.17) is 28.0 Å². The zero-order valence-corrected chi connectivity index (χ0v) is 11.8. The lowest BCUT2D eigenvalue weighted by atomic mass is 10.2. The van der Waals surface area contributed by atoms with Crippen molar-refractivity contribution in [3.63, 3.8) is 0 Å². The summed E-state index contributed by atoms with van der Waals surface area (Å²) in [6, 6.07) is 1.20. The first-order valence-corrected chi connectivity index (χ1v) is 6.86. The van der Waals surface area contributed by atoms with Crippen LogP contribution >= 0.6 is 23.2 Å². The lowest BCUT2D eigenvalue weighted by Gasteiger charge is -2.19. The molecular weight excluding hydrogens is 287 g/mol. The largest absolute Gasteiger partial charge is 0.281 e. The van der Waals surface area contributed by atoms with Gasteiger partial charge in [0.05, 0.1) is 10.6 Å². The molecule has 96 valence electrons. The number of pyridine rings is 1. The van der Waals surface area contributed by atoms with E-state index < -0.39 is 15.6 Å². The van der Waals surface area contributed by atoms with Crippen LogP contribution < -0.4 is 4.89 Å². The molecule has 0 amide bonds. The van der Waals surface area contributed by atoms with Crippen molar-refractivity contribution in [1.29, 1.82) is 0 Å². The molecule has 1 N–H and O–H groups in total. The Hall–Kier alpha value is -0.400. The fraction of sp³-hybridized carbons (Fsp3) is 0.444. The maximum absolute atomic E-state index is 11.8. The van der Waals surface area contributed by atoms with Gasteiger partial charge in [-0.05, 0) is 26.8 Å². The third-order valence-electron chi connectivity index (χ3n) is 1.54. The van der Waals surface area contributed by atoms with E-state index in [1.165, 1.54) is 6.07 Å². The fourth-order valence-corrected chi connectivity index (χ4v) is 2.03. The Morgan fingerprint density at radius 3 is 2.41 bits per heavy atom. The molecule has 0 unspecified atom stereocenters. The monoisotopic (exact) mass is 298 g/mol. The highest BCUT2D eigenvalue weighted by molar-refractivity contribution is 7.89. The highest BCUT2D eigenvalue weighted by atomic mass is 35.5. The van der Waals surface area contributed by atoms with Crippen LogP contribution in [0.1, 0.15) is 20.8 Å². The topological polar surface area (TPSA) is 68.3 Å². The van der Waals surface area contributed by atoms with E-state index in [-0.39, 0.29) is 15.1 Å². The quantitative estimate of drug-likeness (QED) is 0.687. The Labute approximate surface area is 110 Å². The van der Waals surface area contributed by atoms with Crippen molar-refractivity contribution < 1.29 is 13.3 Å². The second-order valence-corrected chi connectivity index (χ2v) is 6.66. The minimum atomic E-state index is -3.81. The smallest absolute Gasteiger partial charge is 0.264 e. The first-order chi connectivity index (χ1) is 7.62. The summed E-state index contributed by atoms with van der Waals surface area (Å²) in [4.78, 5) is 10.5. The third kappa shape index (κ3) is 4.40. The zero-order chi connectivity index (χ0) is 13.3. The molecule has 0 fully saturated rings. The lowest BCUT2D eigenvalue weighted by molar-refractivity contribution is -0.0357. The van der Waals surface area contributed by atoms with Crippen molar-refractivity contribution in [1.82, 2.24) is 9.87 Å². The van der Waals surface area contributed by atoms with Gasteiger partial charge in [-0.1, -0.05) is 28.1 Å². The molecule has 5 nitrogen and oxygen atoms in total. The standard InChI is InChI=1S/C9H12Cl2N2O3S/c1-9(2,3)16-13-17(14,15)6-4-7(10)8(11)12-5-6/h4-5,13H,1-3H3. The van der Waals surface area contributed by atoms with Crippen molar-refractivity contribution in [2.24, 2.45) is 0 Å². The molecular formula is C9H12Cl2N2O3S. The number of nitrogens with zero attached hydrogens (tertiary/aromatic N) is 1. The summed E-state index contributed by atoms with van der Waals surface area (Å²) in [7, 11) is -3.81. The molecule has 0 bridgehead atoms. The second-order valence-electron chi connectivity index (χ2n) is 4.24. The zero-order valence-electron chi connectivity index (χ0n) is 9.49. The molecule has 1 rings (SSSR count). The predicted molar refractivity (Wildman–Crippen MR) is 65.4 cm³/mol. The summed E-state index contributed by atoms with van der Waals surface area (Å²) in [5, 5.41) is 0.104. The van der Waals surface area contributed by atoms with Gasteiger partial charge in [0.15, 0.2) is 0 Å². The number of sulfonamides is 1. The number of halogens is 2. The Balaban J connectivity index is 2.94. The van der Waals surface area contributed by atoms with Gasteiger partial charge >= 0.3 is 0 Å². The Bertz CT molecular complexity index is 511. The van der Waals surface area contributed by atoms with Crippen LogP contribution in [0.25, 0.3) is 0 Å². The maximum Gasteiger partial charge on any atom is 0.264 e. The van der Waals surface area contributed by atoms with E-state index in [1.807, 2.05) is 4.89 Å². The predicted octanol–water partition coefficient (Wildman–Crippen LogP) is 2.40. The van der Waals surface area contributed by atoms with Crippen LogP contribution in [0.2, 0.25) is 10.2 Å². The molecule has 1 aromatic rings. The van der Waals surface area contributed by atoms with E-state index >= 15 is 0 Å². The molecule has 0 radical (unpaired) electrons. The van der Waals surface area contributed by atoms with E-state index in [9.17, 15) is 8.42 Å². The van der Waals surface area contributed by atoms with Gasteiger partial charge in [0.1, 0.15) is 10.0 Å². The van der Waals surface area contributed by atoms with Gasteiger partial charge in [0.25, 0.3) is 10.0 Å². The van der Waals surface area contributed by atoms with Crippen LogP contribution in [0.3, 0.4) is 0 Å². The summed E-state index contributed by atoms with van der Waals surface area (Å²) >= 11 is 11.3. The summed E-state index contributed by atoms with van der Waals surface area (Å²) in [5.41, 5.74) is -0.642. The number of hydrogen-bond acceptors (Lipinski definition) is 4. The fourth-order valence-electron chi connectivity index (χ4n) is 0.779. The second kappa shape index (κ2) is 5.07. The third-order valence-corrected chi connectivity index (χ3v) is 3.37. The van der Waals surface area contributed by atoms with Gasteiger partial charge in [-0.3, -0.25) is 4.84 Å². The molecule has 0 saturated carbocycles. The van der Waals surface area contributed by atoms with Gasteiger partial charge in [-0.15, -0.1) is 0 Å². The van der Waals surface area contributed by atoms with Crippen LogP contribution in [0.4, 0.5) is 0 Å². The molecule has 0 spiro atoms. The minimum Gasteiger partial charge on any atom is -0.281 e. The highest BCUT2D eigenvalue weighted by Gasteiger charge is 2.20. The molecule has 0 aliphatic carbocycles. The number of aromatic nitrogens is 1. The van der Waals surface area contributed by atoms with Crippen LogP contribution in [0.5, 0.6) is 0 Å². The molecule has 0 aliphatic heterocycles. The Morgan fingerprint density at radius 1 is 1.35 bits per heavy atom. The average molecular weight is 299 g/mol. The molecule has 8 heteroatoms. The number of rotatable bonds is 3. The Morgan fingerprint density at radius 2 is 1.94 bits per heavy atom. The normalized spacial score (nSPS) is 12.8. The van der Waals surface area contributed by atoms with Crippen LogP contribution in [-0.4, -0.2) is 19.0 Å². The van der Waals surface area contributed by atoms with E-state index in [2.05, 4.69) is 4.98 Å². The van der Waals surface area contributed by atoms with Gasteiger partial charge in [0.2, 0.25) is 0 Å². The van der Waals surface area contributed by atoms with Gasteiger partial charge in [0, 0.05) is 6.20 Å². The summed E-state index contributed by atoms with van der Waals surface area (Å²) < 4.78 is 23.5. The van der Waals surface area contributed by atoms with Crippen molar-refractivity contribution in [3.8, 4) is 0 Å². The summed E-state index contributed by atoms with van der Waals surface area (Å²) in [6.45, 7) is 5.13. The van der Waals surface area contributed by atoms with E-state index in [0.717, 1.165) is 6.20 Å². The molecule has 0 aliphatic rings. The lowest BCUT2D eigenvalue weighted by Crippen LogP contribution is -2.33. The summed E-state index contributed by atoms with van der Waals surface area (Å²) in [6.07, 6.45) is 1.10. The minimum absolute atomic E-state index is 0.0438. The molecule has 0 saturated heterocycles. The Kier molecular flexibility index (Phi) is 4.38. The van der Waals surface area contributed by atoms with Crippen LogP contribution in [0.15, 0.2) is 17.2 Å². The van der Waals surface area contributed by atoms with E-state index in [1.54, 1.807) is 20.8 Å². The van der Waals surface area contributed by atoms with Crippen LogP contribution in [-0.2, 0) is 14.9 Å². The van der Waals surface area contributed by atoms with Crippen molar-refractivity contribution >= 4 is 33.2 Å². The SMILES string of the molecule is CC(C)(C)ONS(=O)(=O)c1cnc(Cl)c(Cl)c1. The summed E-state index contributed by atoms with van der Waals surface area (Å²) in [5.74, 6) is 0. The average Bonchev–Trinajstić information content (AvgIpc) is 2.18. The molecule has 17 heavy (non-hydrogen) atoms. The number of hydrogen-bond donors (Lipinski definition) is 1. The van der Waals surface area contributed by atoms with Gasteiger partial charge in [-0.2, -0.15) is 0 Å².